The van der Waals surface area contributed by atoms with Crippen LogP contribution in [0.1, 0.15) is 21.9 Å². The van der Waals surface area contributed by atoms with Crippen molar-refractivity contribution in [3.05, 3.63) is 81.8 Å². The van der Waals surface area contributed by atoms with Gasteiger partial charge in [-0.15, -0.1) is 0 Å². The molecule has 144 valence electrons. The second kappa shape index (κ2) is 8.26. The van der Waals surface area contributed by atoms with Crippen LogP contribution >= 0.6 is 0 Å². The van der Waals surface area contributed by atoms with E-state index in [2.05, 4.69) is 5.32 Å². The number of nitrogens with one attached hydrogen (secondary N) is 1. The fraction of sp³-hybridized carbons (Fsp3) is 0.150. The molecule has 0 unspecified atom stereocenters. The van der Waals surface area contributed by atoms with E-state index in [9.17, 15) is 14.9 Å². The Morgan fingerprint density at radius 1 is 1.14 bits per heavy atom. The lowest BCUT2D eigenvalue weighted by Gasteiger charge is -2.06. The summed E-state index contributed by atoms with van der Waals surface area (Å²) in [5, 5.41) is 13.6. The molecule has 0 saturated heterocycles. The molecule has 1 amide bonds. The van der Waals surface area contributed by atoms with Gasteiger partial charge < -0.3 is 19.2 Å². The number of methoxy groups -OCH3 is 1. The van der Waals surface area contributed by atoms with Crippen LogP contribution in [-0.4, -0.2) is 17.9 Å². The zero-order chi connectivity index (χ0) is 20.1. The Labute approximate surface area is 160 Å². The van der Waals surface area contributed by atoms with Crippen LogP contribution in [0, 0.1) is 17.0 Å². The summed E-state index contributed by atoms with van der Waals surface area (Å²) in [5.41, 5.74) is 1.11. The molecule has 0 aliphatic carbocycles. The third kappa shape index (κ3) is 4.47. The number of rotatable bonds is 7. The third-order valence-corrected chi connectivity index (χ3v) is 3.96. The number of furan rings is 1. The van der Waals surface area contributed by atoms with Crippen molar-refractivity contribution in [2.45, 2.75) is 13.5 Å². The summed E-state index contributed by atoms with van der Waals surface area (Å²) in [5.74, 6) is 1.30. The molecule has 0 radical (unpaired) electrons. The number of nitro groups is 1. The second-order valence-corrected chi connectivity index (χ2v) is 5.95. The van der Waals surface area contributed by atoms with E-state index in [1.807, 2.05) is 0 Å². The normalized spacial score (nSPS) is 10.4. The van der Waals surface area contributed by atoms with Crippen molar-refractivity contribution in [2.24, 2.45) is 0 Å². The van der Waals surface area contributed by atoms with Gasteiger partial charge >= 0.3 is 0 Å². The fourth-order valence-electron chi connectivity index (χ4n) is 2.55. The van der Waals surface area contributed by atoms with Gasteiger partial charge in [-0.2, -0.15) is 0 Å². The molecule has 0 aliphatic heterocycles. The maximum atomic E-state index is 12.3. The molecule has 3 rings (SSSR count). The van der Waals surface area contributed by atoms with Gasteiger partial charge in [0, 0.05) is 23.4 Å². The summed E-state index contributed by atoms with van der Waals surface area (Å²) in [7, 11) is 1.55. The van der Waals surface area contributed by atoms with Crippen LogP contribution in [0.2, 0.25) is 0 Å². The Morgan fingerprint density at radius 2 is 1.96 bits per heavy atom. The average Bonchev–Trinajstić information content (AvgIpc) is 3.15. The van der Waals surface area contributed by atoms with Gasteiger partial charge in [0.15, 0.2) is 5.76 Å². The molecule has 3 aromatic rings. The third-order valence-electron chi connectivity index (χ3n) is 3.96. The Balaban J connectivity index is 1.61. The van der Waals surface area contributed by atoms with E-state index in [1.165, 1.54) is 12.1 Å². The molecule has 0 atom stereocenters. The molecular weight excluding hydrogens is 364 g/mol. The lowest BCUT2D eigenvalue weighted by molar-refractivity contribution is -0.385. The van der Waals surface area contributed by atoms with Crippen molar-refractivity contribution in [1.82, 2.24) is 0 Å². The van der Waals surface area contributed by atoms with E-state index in [0.717, 1.165) is 0 Å². The quantitative estimate of drug-likeness (QED) is 0.482. The number of amides is 1. The summed E-state index contributed by atoms with van der Waals surface area (Å²) < 4.78 is 16.2. The first-order valence-corrected chi connectivity index (χ1v) is 8.38. The molecule has 0 fully saturated rings. The largest absolute Gasteiger partial charge is 0.497 e. The van der Waals surface area contributed by atoms with Crippen LogP contribution in [0.4, 0.5) is 11.4 Å². The summed E-state index contributed by atoms with van der Waals surface area (Å²) in [4.78, 5) is 22.7. The highest BCUT2D eigenvalue weighted by molar-refractivity contribution is 6.02. The smallest absolute Gasteiger partial charge is 0.291 e. The van der Waals surface area contributed by atoms with E-state index < -0.39 is 10.8 Å². The molecule has 8 nitrogen and oxygen atoms in total. The second-order valence-electron chi connectivity index (χ2n) is 5.95. The first-order chi connectivity index (χ1) is 13.5. The predicted molar refractivity (Wildman–Crippen MR) is 102 cm³/mol. The van der Waals surface area contributed by atoms with Crippen molar-refractivity contribution in [1.29, 1.82) is 0 Å². The van der Waals surface area contributed by atoms with Crippen LogP contribution in [0.5, 0.6) is 11.5 Å². The van der Waals surface area contributed by atoms with E-state index in [0.29, 0.717) is 28.5 Å². The highest BCUT2D eigenvalue weighted by Gasteiger charge is 2.14. The Morgan fingerprint density at radius 3 is 2.68 bits per heavy atom. The van der Waals surface area contributed by atoms with Gasteiger partial charge in [0.2, 0.25) is 0 Å². The molecular formula is C20H18N2O6. The number of aryl methyl sites for hydroxylation is 1. The zero-order valence-electron chi connectivity index (χ0n) is 15.3. The maximum Gasteiger partial charge on any atom is 0.291 e. The highest BCUT2D eigenvalue weighted by Crippen LogP contribution is 2.24. The van der Waals surface area contributed by atoms with E-state index in [4.69, 9.17) is 13.9 Å². The maximum absolute atomic E-state index is 12.3. The summed E-state index contributed by atoms with van der Waals surface area (Å²) in [6, 6.07) is 14.7. The van der Waals surface area contributed by atoms with Crippen molar-refractivity contribution in [3.8, 4) is 11.5 Å². The molecule has 2 aromatic carbocycles. The van der Waals surface area contributed by atoms with Crippen molar-refractivity contribution in [2.75, 3.05) is 12.4 Å². The predicted octanol–water partition coefficient (Wildman–Crippen LogP) is 4.34. The minimum atomic E-state index is -0.446. The van der Waals surface area contributed by atoms with Gasteiger partial charge in [-0.05, 0) is 43.3 Å². The van der Waals surface area contributed by atoms with Crippen molar-refractivity contribution in [3.63, 3.8) is 0 Å². The van der Waals surface area contributed by atoms with E-state index in [1.54, 1.807) is 56.5 Å². The van der Waals surface area contributed by atoms with Gasteiger partial charge in [0.05, 0.1) is 12.0 Å². The molecule has 0 bridgehead atoms. The van der Waals surface area contributed by atoms with Crippen LogP contribution in [0.3, 0.4) is 0 Å². The number of ether oxygens (including phenoxy) is 2. The minimum absolute atomic E-state index is 0.0295. The van der Waals surface area contributed by atoms with E-state index in [-0.39, 0.29) is 18.1 Å². The Bertz CT molecular complexity index is 1010. The number of carbonyl (C=O) groups excluding carboxylic acids is 1. The minimum Gasteiger partial charge on any atom is -0.497 e. The first kappa shape index (κ1) is 19.0. The van der Waals surface area contributed by atoms with Gasteiger partial charge in [-0.3, -0.25) is 14.9 Å². The number of hydrogen-bond donors (Lipinski definition) is 1. The number of benzene rings is 2. The molecule has 8 heteroatoms. The molecule has 1 aromatic heterocycles. The summed E-state index contributed by atoms with van der Waals surface area (Å²) >= 11 is 0. The highest BCUT2D eigenvalue weighted by atomic mass is 16.6. The van der Waals surface area contributed by atoms with Crippen molar-refractivity contribution < 1.29 is 23.6 Å². The fourth-order valence-corrected chi connectivity index (χ4v) is 2.55. The molecule has 0 saturated carbocycles. The number of hydrogen-bond acceptors (Lipinski definition) is 6. The monoisotopic (exact) mass is 382 g/mol. The number of nitro benzene ring substituents is 1. The molecule has 28 heavy (non-hydrogen) atoms. The van der Waals surface area contributed by atoms with Gasteiger partial charge in [0.1, 0.15) is 23.9 Å². The SMILES string of the molecule is COc1cccc(NC(=O)c2ccc(COc3ccc([N+](=O)[O-])c(C)c3)o2)c1. The Kier molecular flexibility index (Phi) is 5.59. The van der Waals surface area contributed by atoms with Crippen LogP contribution < -0.4 is 14.8 Å². The molecule has 0 spiro atoms. The van der Waals surface area contributed by atoms with Gasteiger partial charge in [0.25, 0.3) is 11.6 Å². The average molecular weight is 382 g/mol. The van der Waals surface area contributed by atoms with Crippen LogP contribution in [0.25, 0.3) is 0 Å². The summed E-state index contributed by atoms with van der Waals surface area (Å²) in [6.45, 7) is 1.72. The topological polar surface area (TPSA) is 104 Å². The number of carbonyl (C=O) groups is 1. The lowest BCUT2D eigenvalue weighted by atomic mass is 10.2. The van der Waals surface area contributed by atoms with E-state index >= 15 is 0 Å². The molecule has 1 heterocycles. The van der Waals surface area contributed by atoms with Gasteiger partial charge in [-0.1, -0.05) is 6.07 Å². The standard InChI is InChI=1S/C20H18N2O6/c1-13-10-16(6-8-18(13)22(24)25)27-12-17-7-9-19(28-17)20(23)21-14-4-3-5-15(11-14)26-2/h3-11H,12H2,1-2H3,(H,21,23). The van der Waals surface area contributed by atoms with Crippen LogP contribution in [0.15, 0.2) is 59.0 Å². The lowest BCUT2D eigenvalue weighted by Crippen LogP contribution is -2.10. The summed E-state index contributed by atoms with van der Waals surface area (Å²) in [6.07, 6.45) is 0. The number of anilines is 1. The molecule has 0 aliphatic rings. The first-order valence-electron chi connectivity index (χ1n) is 8.38. The number of nitrogens with zero attached hydrogens (tertiary/aromatic N) is 1. The zero-order valence-corrected chi connectivity index (χ0v) is 15.3. The van der Waals surface area contributed by atoms with Crippen LogP contribution in [-0.2, 0) is 6.61 Å². The Hall–Kier alpha value is -3.81. The molecule has 1 N–H and O–H groups in total. The van der Waals surface area contributed by atoms with Gasteiger partial charge in [-0.25, -0.2) is 0 Å². The van der Waals surface area contributed by atoms with Crippen molar-refractivity contribution >= 4 is 17.3 Å².